The molecule has 0 amide bonds. The van der Waals surface area contributed by atoms with Crippen LogP contribution in [0.25, 0.3) is 0 Å². The molecule has 0 saturated heterocycles. The van der Waals surface area contributed by atoms with Crippen molar-refractivity contribution in [1.29, 1.82) is 0 Å². The highest BCUT2D eigenvalue weighted by molar-refractivity contribution is 7.92. The SMILES string of the molecule is COC(=O)CCS(=O)(=O)N(C)c1ccc(S(N)(=O)=O)cc1. The Hall–Kier alpha value is -1.65. The molecule has 1 rings (SSSR count). The van der Waals surface area contributed by atoms with Gasteiger partial charge in [0.2, 0.25) is 20.0 Å². The van der Waals surface area contributed by atoms with Gasteiger partial charge in [-0.2, -0.15) is 0 Å². The van der Waals surface area contributed by atoms with E-state index < -0.39 is 31.8 Å². The van der Waals surface area contributed by atoms with Crippen molar-refractivity contribution in [2.24, 2.45) is 5.14 Å². The maximum absolute atomic E-state index is 12.0. The van der Waals surface area contributed by atoms with Gasteiger partial charge in [-0.1, -0.05) is 0 Å². The zero-order valence-electron chi connectivity index (χ0n) is 11.5. The normalized spacial score (nSPS) is 12.0. The van der Waals surface area contributed by atoms with Crippen molar-refractivity contribution in [2.45, 2.75) is 11.3 Å². The van der Waals surface area contributed by atoms with E-state index in [4.69, 9.17) is 5.14 Å². The molecule has 0 unspecified atom stereocenters. The number of rotatable bonds is 6. The fourth-order valence-corrected chi connectivity index (χ4v) is 3.11. The number of methoxy groups -OCH3 is 1. The third-order valence-electron chi connectivity index (χ3n) is 2.74. The van der Waals surface area contributed by atoms with E-state index in [1.165, 1.54) is 38.4 Å². The number of carbonyl (C=O) groups excluding carboxylic acids is 1. The molecule has 0 radical (unpaired) electrons. The van der Waals surface area contributed by atoms with Gasteiger partial charge in [-0.05, 0) is 24.3 Å². The smallest absolute Gasteiger partial charge is 0.306 e. The summed E-state index contributed by atoms with van der Waals surface area (Å²) in [5.74, 6) is -1.04. The van der Waals surface area contributed by atoms with Crippen molar-refractivity contribution in [3.8, 4) is 0 Å². The number of nitrogens with two attached hydrogens (primary N) is 1. The van der Waals surface area contributed by atoms with E-state index in [1.807, 2.05) is 0 Å². The maximum atomic E-state index is 12.0. The van der Waals surface area contributed by atoms with Crippen molar-refractivity contribution in [3.05, 3.63) is 24.3 Å². The number of carbonyl (C=O) groups is 1. The van der Waals surface area contributed by atoms with E-state index in [0.717, 1.165) is 4.31 Å². The average molecular weight is 336 g/mol. The summed E-state index contributed by atoms with van der Waals surface area (Å²) in [6, 6.07) is 5.04. The fraction of sp³-hybridized carbons (Fsp3) is 0.364. The minimum Gasteiger partial charge on any atom is -0.469 e. The highest BCUT2D eigenvalue weighted by Gasteiger charge is 2.20. The van der Waals surface area contributed by atoms with E-state index in [0.29, 0.717) is 0 Å². The lowest BCUT2D eigenvalue weighted by Crippen LogP contribution is -2.30. The molecule has 0 aliphatic rings. The fourth-order valence-electron chi connectivity index (χ4n) is 1.46. The third-order valence-corrected chi connectivity index (χ3v) is 5.43. The minimum atomic E-state index is -3.83. The van der Waals surface area contributed by atoms with Gasteiger partial charge in [0.15, 0.2) is 0 Å². The summed E-state index contributed by atoms with van der Waals surface area (Å²) in [4.78, 5) is 10.9. The average Bonchev–Trinajstić information content (AvgIpc) is 2.43. The van der Waals surface area contributed by atoms with E-state index >= 15 is 0 Å². The van der Waals surface area contributed by atoms with Gasteiger partial charge in [0.1, 0.15) is 0 Å². The molecule has 0 heterocycles. The zero-order valence-corrected chi connectivity index (χ0v) is 13.1. The van der Waals surface area contributed by atoms with Crippen LogP contribution in [0.15, 0.2) is 29.2 Å². The number of anilines is 1. The summed E-state index contributed by atoms with van der Waals surface area (Å²) in [5, 5.41) is 4.95. The Kier molecular flexibility index (Phi) is 5.31. The van der Waals surface area contributed by atoms with Gasteiger partial charge in [-0.25, -0.2) is 22.0 Å². The highest BCUT2D eigenvalue weighted by atomic mass is 32.2. The Morgan fingerprint density at radius 3 is 2.14 bits per heavy atom. The Balaban J connectivity index is 2.92. The Bertz CT molecular complexity index is 710. The van der Waals surface area contributed by atoms with Crippen LogP contribution in [-0.4, -0.2) is 42.7 Å². The van der Waals surface area contributed by atoms with Crippen molar-refractivity contribution < 1.29 is 26.4 Å². The minimum absolute atomic E-state index is 0.119. The first-order valence-corrected chi connectivity index (χ1v) is 8.90. The number of benzene rings is 1. The molecule has 1 aromatic rings. The van der Waals surface area contributed by atoms with Crippen LogP contribution in [0.2, 0.25) is 0 Å². The number of sulfonamides is 2. The summed E-state index contributed by atoms with van der Waals surface area (Å²) in [6.07, 6.45) is -0.265. The molecule has 8 nitrogen and oxygen atoms in total. The van der Waals surface area contributed by atoms with Crippen molar-refractivity contribution in [2.75, 3.05) is 24.2 Å². The molecule has 0 spiro atoms. The van der Waals surface area contributed by atoms with E-state index in [-0.39, 0.29) is 17.0 Å². The van der Waals surface area contributed by atoms with Gasteiger partial charge in [-0.15, -0.1) is 0 Å². The van der Waals surface area contributed by atoms with Crippen LogP contribution in [0.3, 0.4) is 0 Å². The molecule has 0 aliphatic carbocycles. The number of nitrogens with zero attached hydrogens (tertiary/aromatic N) is 1. The third kappa shape index (κ3) is 4.69. The molecule has 0 saturated carbocycles. The largest absolute Gasteiger partial charge is 0.469 e. The van der Waals surface area contributed by atoms with Gasteiger partial charge in [-0.3, -0.25) is 9.10 Å². The molecular formula is C11H16N2O6S2. The summed E-state index contributed by atoms with van der Waals surface area (Å²) < 4.78 is 51.6. The number of hydrogen-bond acceptors (Lipinski definition) is 6. The molecular weight excluding hydrogens is 320 g/mol. The Labute approximate surface area is 123 Å². The van der Waals surface area contributed by atoms with Gasteiger partial charge in [0.25, 0.3) is 0 Å². The number of primary sulfonamides is 1. The van der Waals surface area contributed by atoms with E-state index in [2.05, 4.69) is 4.74 Å². The van der Waals surface area contributed by atoms with Crippen LogP contribution >= 0.6 is 0 Å². The lowest BCUT2D eigenvalue weighted by molar-refractivity contribution is -0.140. The van der Waals surface area contributed by atoms with Gasteiger partial charge in [0.05, 0.1) is 29.9 Å². The lowest BCUT2D eigenvalue weighted by atomic mass is 10.3. The van der Waals surface area contributed by atoms with Crippen LogP contribution < -0.4 is 9.44 Å². The zero-order chi connectivity index (χ0) is 16.3. The van der Waals surface area contributed by atoms with Crippen molar-refractivity contribution in [3.63, 3.8) is 0 Å². The molecule has 2 N–H and O–H groups in total. The molecule has 0 aromatic heterocycles. The van der Waals surface area contributed by atoms with E-state index in [9.17, 15) is 21.6 Å². The Morgan fingerprint density at radius 2 is 1.71 bits per heavy atom. The van der Waals surface area contributed by atoms with Crippen LogP contribution in [-0.2, 0) is 29.6 Å². The molecule has 0 aliphatic heterocycles. The van der Waals surface area contributed by atoms with E-state index in [1.54, 1.807) is 0 Å². The summed E-state index contributed by atoms with van der Waals surface area (Å²) in [7, 11) is -5.07. The van der Waals surface area contributed by atoms with Gasteiger partial charge < -0.3 is 4.74 Å². The van der Waals surface area contributed by atoms with Crippen molar-refractivity contribution in [1.82, 2.24) is 0 Å². The first kappa shape index (κ1) is 17.4. The number of esters is 1. The summed E-state index contributed by atoms with van der Waals surface area (Å²) >= 11 is 0. The monoisotopic (exact) mass is 336 g/mol. The first-order valence-electron chi connectivity index (χ1n) is 5.74. The van der Waals surface area contributed by atoms with Crippen molar-refractivity contribution >= 4 is 31.7 Å². The van der Waals surface area contributed by atoms with Crippen LogP contribution in [0.4, 0.5) is 5.69 Å². The molecule has 10 heteroatoms. The molecule has 21 heavy (non-hydrogen) atoms. The molecule has 0 atom stereocenters. The van der Waals surface area contributed by atoms with Gasteiger partial charge >= 0.3 is 5.97 Å². The summed E-state index contributed by atoms with van der Waals surface area (Å²) in [6.45, 7) is 0. The molecule has 0 bridgehead atoms. The second-order valence-electron chi connectivity index (χ2n) is 4.15. The predicted octanol–water partition coefficient (Wildman–Crippen LogP) is -0.337. The van der Waals surface area contributed by atoms with Crippen LogP contribution in [0, 0.1) is 0 Å². The summed E-state index contributed by atoms with van der Waals surface area (Å²) in [5.41, 5.74) is 0.257. The predicted molar refractivity (Wildman–Crippen MR) is 76.6 cm³/mol. The number of hydrogen-bond donors (Lipinski definition) is 1. The second-order valence-corrected chi connectivity index (χ2v) is 7.83. The molecule has 118 valence electrons. The number of ether oxygens (including phenoxy) is 1. The topological polar surface area (TPSA) is 124 Å². The molecule has 1 aromatic carbocycles. The quantitative estimate of drug-likeness (QED) is 0.709. The standard InChI is InChI=1S/C11H16N2O6S2/c1-13(20(15,16)8-7-11(14)19-2)9-3-5-10(6-4-9)21(12,17)18/h3-6H,7-8H2,1-2H3,(H2,12,17,18). The Morgan fingerprint density at radius 1 is 1.19 bits per heavy atom. The first-order chi connectivity index (χ1) is 9.58. The van der Waals surface area contributed by atoms with Crippen LogP contribution in [0.5, 0.6) is 0 Å². The second kappa shape index (κ2) is 6.41. The molecule has 0 fully saturated rings. The van der Waals surface area contributed by atoms with Crippen LogP contribution in [0.1, 0.15) is 6.42 Å². The maximum Gasteiger partial charge on any atom is 0.306 e. The van der Waals surface area contributed by atoms with Gasteiger partial charge in [0, 0.05) is 7.05 Å². The highest BCUT2D eigenvalue weighted by Crippen LogP contribution is 2.19. The lowest BCUT2D eigenvalue weighted by Gasteiger charge is -2.19.